The van der Waals surface area contributed by atoms with Crippen LogP contribution in [0.25, 0.3) is 11.3 Å². The third kappa shape index (κ3) is 2.05. The summed E-state index contributed by atoms with van der Waals surface area (Å²) in [6.07, 6.45) is 0. The van der Waals surface area contributed by atoms with Gasteiger partial charge in [-0.05, 0) is 35.9 Å². The van der Waals surface area contributed by atoms with Crippen molar-refractivity contribution in [3.63, 3.8) is 0 Å². The smallest absolute Gasteiger partial charge is 0.274 e. The molecule has 0 aliphatic carbocycles. The van der Waals surface area contributed by atoms with Crippen molar-refractivity contribution in [2.24, 2.45) is 0 Å². The molecule has 0 fully saturated rings. The highest BCUT2D eigenvalue weighted by atomic mass is 35.5. The number of hydrogen-bond donors (Lipinski definition) is 0. The minimum Gasteiger partial charge on any atom is -0.356 e. The monoisotopic (exact) mass is 225 g/mol. The highest BCUT2D eigenvalue weighted by Gasteiger charge is 2.11. The lowest BCUT2D eigenvalue weighted by Crippen LogP contribution is -1.85. The Morgan fingerprint density at radius 1 is 1.33 bits per heavy atom. The summed E-state index contributed by atoms with van der Waals surface area (Å²) in [5.74, 6) is 0.0332. The summed E-state index contributed by atoms with van der Waals surface area (Å²) in [4.78, 5) is 10.7. The molecular weight excluding hydrogens is 221 g/mol. The van der Waals surface area contributed by atoms with E-state index in [0.29, 0.717) is 11.3 Å². The molecule has 0 saturated heterocycles. The normalized spacial score (nSPS) is 10.3. The molecule has 0 aliphatic heterocycles. The molecule has 3 nitrogen and oxygen atoms in total. The lowest BCUT2D eigenvalue weighted by Gasteiger charge is -1.93. The van der Waals surface area contributed by atoms with E-state index in [4.69, 9.17) is 16.1 Å². The van der Waals surface area contributed by atoms with Gasteiger partial charge in [0.15, 0.2) is 11.5 Å². The standard InChI is InChI=1S/C10H5ClFNO2/c11-10(14)8-5-9(15-13-8)6-1-3-7(12)4-2-6/h1-5H. The zero-order chi connectivity index (χ0) is 10.8. The predicted octanol–water partition coefficient (Wildman–Crippen LogP) is 2.86. The molecule has 2 rings (SSSR count). The number of hydrogen-bond acceptors (Lipinski definition) is 3. The Balaban J connectivity index is 2.37. The Bertz CT molecular complexity index is 492. The lowest BCUT2D eigenvalue weighted by molar-refractivity contribution is 0.107. The number of carbonyl (C=O) groups is 1. The highest BCUT2D eigenvalue weighted by Crippen LogP contribution is 2.21. The van der Waals surface area contributed by atoms with Crippen LogP contribution in [0.15, 0.2) is 34.9 Å². The molecule has 0 bridgehead atoms. The zero-order valence-electron chi connectivity index (χ0n) is 7.41. The van der Waals surface area contributed by atoms with Crippen molar-refractivity contribution < 1.29 is 13.7 Å². The van der Waals surface area contributed by atoms with Gasteiger partial charge in [-0.1, -0.05) is 5.16 Å². The minimum atomic E-state index is -0.688. The van der Waals surface area contributed by atoms with E-state index >= 15 is 0 Å². The summed E-state index contributed by atoms with van der Waals surface area (Å²) in [6.45, 7) is 0. The maximum Gasteiger partial charge on any atom is 0.274 e. The predicted molar refractivity (Wildman–Crippen MR) is 52.1 cm³/mol. The molecule has 1 heterocycles. The van der Waals surface area contributed by atoms with E-state index in [1.807, 2.05) is 0 Å². The summed E-state index contributed by atoms with van der Waals surface area (Å²) >= 11 is 5.21. The van der Waals surface area contributed by atoms with Crippen LogP contribution in [-0.4, -0.2) is 10.4 Å². The summed E-state index contributed by atoms with van der Waals surface area (Å²) in [5, 5.41) is 2.78. The second-order valence-electron chi connectivity index (χ2n) is 2.86. The van der Waals surface area contributed by atoms with Crippen molar-refractivity contribution in [1.82, 2.24) is 5.16 Å². The number of halogens is 2. The first-order chi connectivity index (χ1) is 7.16. The van der Waals surface area contributed by atoms with Crippen molar-refractivity contribution >= 4 is 16.8 Å². The van der Waals surface area contributed by atoms with E-state index in [2.05, 4.69) is 5.16 Å². The Morgan fingerprint density at radius 2 is 2.00 bits per heavy atom. The number of carbonyl (C=O) groups excluding carboxylic acids is 1. The SMILES string of the molecule is O=C(Cl)c1cc(-c2ccc(F)cc2)on1. The number of rotatable bonds is 2. The molecule has 5 heteroatoms. The molecule has 0 atom stereocenters. The second-order valence-corrected chi connectivity index (χ2v) is 3.20. The van der Waals surface area contributed by atoms with Gasteiger partial charge < -0.3 is 4.52 Å². The average molecular weight is 226 g/mol. The zero-order valence-corrected chi connectivity index (χ0v) is 8.16. The van der Waals surface area contributed by atoms with Crippen molar-refractivity contribution in [3.05, 3.63) is 41.8 Å². The summed E-state index contributed by atoms with van der Waals surface area (Å²) < 4.78 is 17.5. The molecule has 0 amide bonds. The summed E-state index contributed by atoms with van der Waals surface area (Å²) in [7, 11) is 0. The number of nitrogens with zero attached hydrogens (tertiary/aromatic N) is 1. The van der Waals surface area contributed by atoms with Crippen molar-refractivity contribution in [1.29, 1.82) is 0 Å². The van der Waals surface area contributed by atoms with Crippen LogP contribution in [0.2, 0.25) is 0 Å². The fourth-order valence-electron chi connectivity index (χ4n) is 1.12. The van der Waals surface area contributed by atoms with Gasteiger partial charge in [-0.3, -0.25) is 4.79 Å². The maximum absolute atomic E-state index is 12.6. The van der Waals surface area contributed by atoms with Crippen molar-refractivity contribution in [2.45, 2.75) is 0 Å². The molecule has 0 N–H and O–H groups in total. The van der Waals surface area contributed by atoms with E-state index in [1.54, 1.807) is 0 Å². The van der Waals surface area contributed by atoms with Crippen molar-refractivity contribution in [2.75, 3.05) is 0 Å². The Kier molecular flexibility index (Phi) is 2.51. The third-order valence-corrected chi connectivity index (χ3v) is 2.03. The molecule has 0 aliphatic rings. The first-order valence-corrected chi connectivity index (χ1v) is 4.47. The molecule has 76 valence electrons. The first-order valence-electron chi connectivity index (χ1n) is 4.09. The molecule has 0 unspecified atom stereocenters. The maximum atomic E-state index is 12.6. The molecule has 2 aromatic rings. The topological polar surface area (TPSA) is 43.1 Å². The van der Waals surface area contributed by atoms with E-state index in [0.717, 1.165) is 0 Å². The van der Waals surface area contributed by atoms with Gasteiger partial charge >= 0.3 is 0 Å². The Labute approximate surface area is 89.4 Å². The van der Waals surface area contributed by atoms with Gasteiger partial charge in [0.05, 0.1) is 0 Å². The van der Waals surface area contributed by atoms with Gasteiger partial charge in [-0.25, -0.2) is 4.39 Å². The quantitative estimate of drug-likeness (QED) is 0.738. The van der Waals surface area contributed by atoms with Crippen LogP contribution in [-0.2, 0) is 0 Å². The number of aromatic nitrogens is 1. The summed E-state index contributed by atoms with van der Waals surface area (Å²) in [6, 6.07) is 7.04. The van der Waals surface area contributed by atoms with Gasteiger partial charge in [0, 0.05) is 11.6 Å². The fourth-order valence-corrected chi connectivity index (χ4v) is 1.21. The molecule has 0 spiro atoms. The van der Waals surface area contributed by atoms with Crippen LogP contribution in [0.1, 0.15) is 10.5 Å². The van der Waals surface area contributed by atoms with Crippen molar-refractivity contribution in [3.8, 4) is 11.3 Å². The molecule has 1 aromatic heterocycles. The molecule has 15 heavy (non-hydrogen) atoms. The van der Waals surface area contributed by atoms with Gasteiger partial charge in [-0.15, -0.1) is 0 Å². The van der Waals surface area contributed by atoms with E-state index < -0.39 is 5.24 Å². The third-order valence-electron chi connectivity index (χ3n) is 1.84. The van der Waals surface area contributed by atoms with Crippen LogP contribution in [0, 0.1) is 5.82 Å². The fraction of sp³-hybridized carbons (Fsp3) is 0. The molecule has 0 saturated carbocycles. The number of benzene rings is 1. The largest absolute Gasteiger partial charge is 0.356 e. The van der Waals surface area contributed by atoms with E-state index in [1.165, 1.54) is 30.3 Å². The average Bonchev–Trinajstić information content (AvgIpc) is 2.68. The van der Waals surface area contributed by atoms with Gasteiger partial charge in [0.1, 0.15) is 5.82 Å². The molecule has 1 aromatic carbocycles. The van der Waals surface area contributed by atoms with Crippen LogP contribution in [0.5, 0.6) is 0 Å². The van der Waals surface area contributed by atoms with Crippen LogP contribution < -0.4 is 0 Å². The van der Waals surface area contributed by atoms with Gasteiger partial charge in [0.2, 0.25) is 0 Å². The second kappa shape index (κ2) is 3.82. The first kappa shape index (κ1) is 9.86. The minimum absolute atomic E-state index is 0.0380. The molecular formula is C10H5ClFNO2. The van der Waals surface area contributed by atoms with Gasteiger partial charge in [-0.2, -0.15) is 0 Å². The Hall–Kier alpha value is -1.68. The van der Waals surface area contributed by atoms with Gasteiger partial charge in [0.25, 0.3) is 5.24 Å². The summed E-state index contributed by atoms with van der Waals surface area (Å²) in [5.41, 5.74) is 0.670. The highest BCUT2D eigenvalue weighted by molar-refractivity contribution is 6.67. The van der Waals surface area contributed by atoms with Crippen LogP contribution in [0.3, 0.4) is 0 Å². The molecule has 0 radical (unpaired) electrons. The lowest BCUT2D eigenvalue weighted by atomic mass is 10.1. The van der Waals surface area contributed by atoms with E-state index in [9.17, 15) is 9.18 Å². The van der Waals surface area contributed by atoms with Crippen LogP contribution in [0.4, 0.5) is 4.39 Å². The Morgan fingerprint density at radius 3 is 2.53 bits per heavy atom. The van der Waals surface area contributed by atoms with E-state index in [-0.39, 0.29) is 11.5 Å². The van der Waals surface area contributed by atoms with Crippen LogP contribution >= 0.6 is 11.6 Å².